The molecule has 0 bridgehead atoms. The molecule has 9 nitrogen and oxygen atoms in total. The molecule has 0 aromatic heterocycles. The fraction of sp³-hybridized carbons (Fsp3) is 0.816. The summed E-state index contributed by atoms with van der Waals surface area (Å²) in [5.74, 6) is -0.196. The molecule has 7 atom stereocenters. The van der Waals surface area contributed by atoms with Crippen LogP contribution in [0.5, 0.6) is 0 Å². The number of carbonyl (C=O) groups excluding carboxylic acids is 1. The highest BCUT2D eigenvalue weighted by Crippen LogP contribution is 2.22. The van der Waals surface area contributed by atoms with Gasteiger partial charge in [-0.1, -0.05) is 134 Å². The number of carbonyl (C=O) groups is 1. The minimum absolute atomic E-state index is 0.196. The molecule has 1 saturated heterocycles. The Morgan fingerprint density at radius 1 is 0.702 bits per heavy atom. The second-order valence-corrected chi connectivity index (χ2v) is 13.0. The molecule has 1 aliphatic heterocycles. The molecule has 0 radical (unpaired) electrons. The maximum absolute atomic E-state index is 12.8. The van der Waals surface area contributed by atoms with Gasteiger partial charge >= 0.3 is 0 Å². The zero-order valence-corrected chi connectivity index (χ0v) is 29.5. The lowest BCUT2D eigenvalue weighted by Gasteiger charge is -2.40. The Kier molecular flexibility index (Phi) is 27.1. The summed E-state index contributed by atoms with van der Waals surface area (Å²) in [6, 6.07) is -0.821. The van der Waals surface area contributed by atoms with Crippen LogP contribution in [-0.4, -0.2) is 87.5 Å². The molecule has 0 saturated carbocycles. The first-order valence-electron chi connectivity index (χ1n) is 18.7. The molecule has 1 aliphatic rings. The van der Waals surface area contributed by atoms with E-state index in [1.165, 1.54) is 70.6 Å². The minimum Gasteiger partial charge on any atom is -0.394 e. The third-order valence-corrected chi connectivity index (χ3v) is 8.70. The van der Waals surface area contributed by atoms with Gasteiger partial charge in [0.15, 0.2) is 6.29 Å². The van der Waals surface area contributed by atoms with Gasteiger partial charge in [0.1, 0.15) is 24.4 Å². The Morgan fingerprint density at radius 3 is 1.77 bits per heavy atom. The number of aliphatic hydroxyl groups excluding tert-OH is 5. The van der Waals surface area contributed by atoms with E-state index in [1.807, 2.05) is 6.08 Å². The molecule has 9 heteroatoms. The first-order valence-corrected chi connectivity index (χ1v) is 18.7. The molecule has 0 aromatic rings. The Hall–Kier alpha value is -1.59. The number of allylic oxidation sites excluding steroid dienone is 5. The van der Waals surface area contributed by atoms with E-state index in [-0.39, 0.29) is 12.5 Å². The predicted octanol–water partition coefficient (Wildman–Crippen LogP) is 6.16. The van der Waals surface area contributed by atoms with Crippen molar-refractivity contribution in [3.8, 4) is 0 Å². The number of amides is 1. The van der Waals surface area contributed by atoms with Gasteiger partial charge in [0.25, 0.3) is 0 Å². The van der Waals surface area contributed by atoms with Crippen LogP contribution in [0, 0.1) is 0 Å². The van der Waals surface area contributed by atoms with Crippen molar-refractivity contribution in [2.24, 2.45) is 0 Å². The SMILES string of the molecule is CCCC/C=C/CC/C=C/CC/C=C/C(O)C(COC1OC(CO)C(O)C(O)C1O)NC(=O)CCCCCCCCCCCCCC. The standard InChI is InChI=1S/C38H69NO8/c1-3-5-7-9-11-13-15-17-19-21-23-25-27-32(41)31(30-46-38-37(45)36(44)35(43)33(29-40)47-38)39-34(42)28-26-24-22-20-18-16-14-12-10-8-6-4-2/h9,11,17,19,25,27,31-33,35-38,40-41,43-45H,3-8,10,12-16,18,20-24,26,28-30H2,1-2H3,(H,39,42)/b11-9+,19-17+,27-25+. The van der Waals surface area contributed by atoms with Crippen LogP contribution in [0.15, 0.2) is 36.5 Å². The topological polar surface area (TPSA) is 149 Å². The van der Waals surface area contributed by atoms with Crippen LogP contribution < -0.4 is 5.32 Å². The average Bonchev–Trinajstić information content (AvgIpc) is 3.07. The summed E-state index contributed by atoms with van der Waals surface area (Å²) in [4.78, 5) is 12.8. The van der Waals surface area contributed by atoms with E-state index in [1.54, 1.807) is 6.08 Å². The van der Waals surface area contributed by atoms with Crippen LogP contribution in [0.3, 0.4) is 0 Å². The summed E-state index contributed by atoms with van der Waals surface area (Å²) in [7, 11) is 0. The summed E-state index contributed by atoms with van der Waals surface area (Å²) in [5, 5.41) is 53.8. The third-order valence-electron chi connectivity index (χ3n) is 8.70. The average molecular weight is 668 g/mol. The van der Waals surface area contributed by atoms with Gasteiger partial charge in [0, 0.05) is 6.42 Å². The van der Waals surface area contributed by atoms with Gasteiger partial charge in [-0.25, -0.2) is 0 Å². The zero-order chi connectivity index (χ0) is 34.5. The molecule has 6 N–H and O–H groups in total. The number of unbranched alkanes of at least 4 members (excludes halogenated alkanes) is 15. The molecule has 0 aromatic carbocycles. The second-order valence-electron chi connectivity index (χ2n) is 13.0. The van der Waals surface area contributed by atoms with Crippen LogP contribution in [0.2, 0.25) is 0 Å². The molecule has 274 valence electrons. The Labute approximate surface area is 285 Å². The van der Waals surface area contributed by atoms with Crippen molar-refractivity contribution in [2.75, 3.05) is 13.2 Å². The number of nitrogens with one attached hydrogen (secondary N) is 1. The monoisotopic (exact) mass is 668 g/mol. The van der Waals surface area contributed by atoms with Crippen LogP contribution in [0.1, 0.15) is 142 Å². The Balaban J connectivity index is 2.51. The van der Waals surface area contributed by atoms with Gasteiger partial charge in [0.2, 0.25) is 5.91 Å². The highest BCUT2D eigenvalue weighted by molar-refractivity contribution is 5.76. The van der Waals surface area contributed by atoms with Crippen LogP contribution in [-0.2, 0) is 14.3 Å². The summed E-state index contributed by atoms with van der Waals surface area (Å²) in [6.07, 6.45) is 26.2. The van der Waals surface area contributed by atoms with Crippen molar-refractivity contribution in [1.29, 1.82) is 0 Å². The fourth-order valence-corrected chi connectivity index (χ4v) is 5.58. The lowest BCUT2D eigenvalue weighted by atomic mass is 9.99. The zero-order valence-electron chi connectivity index (χ0n) is 29.5. The van der Waals surface area contributed by atoms with Gasteiger partial charge in [0.05, 0.1) is 25.4 Å². The fourth-order valence-electron chi connectivity index (χ4n) is 5.58. The first kappa shape index (κ1) is 43.4. The molecular formula is C38H69NO8. The van der Waals surface area contributed by atoms with Crippen molar-refractivity contribution in [2.45, 2.75) is 185 Å². The van der Waals surface area contributed by atoms with E-state index < -0.39 is 49.5 Å². The van der Waals surface area contributed by atoms with Crippen molar-refractivity contribution >= 4 is 5.91 Å². The smallest absolute Gasteiger partial charge is 0.220 e. The maximum Gasteiger partial charge on any atom is 0.220 e. The second kappa shape index (κ2) is 29.3. The number of hydrogen-bond donors (Lipinski definition) is 6. The lowest BCUT2D eigenvalue weighted by molar-refractivity contribution is -0.302. The van der Waals surface area contributed by atoms with E-state index in [0.29, 0.717) is 6.42 Å². The van der Waals surface area contributed by atoms with Crippen LogP contribution in [0.25, 0.3) is 0 Å². The summed E-state index contributed by atoms with van der Waals surface area (Å²) in [5.41, 5.74) is 0. The number of hydrogen-bond acceptors (Lipinski definition) is 8. The predicted molar refractivity (Wildman–Crippen MR) is 189 cm³/mol. The summed E-state index contributed by atoms with van der Waals surface area (Å²) >= 11 is 0. The Bertz CT molecular complexity index is 833. The molecular weight excluding hydrogens is 598 g/mol. The summed E-state index contributed by atoms with van der Waals surface area (Å²) in [6.45, 7) is 3.66. The highest BCUT2D eigenvalue weighted by Gasteiger charge is 2.44. The molecule has 0 spiro atoms. The first-order chi connectivity index (χ1) is 22.8. The lowest BCUT2D eigenvalue weighted by Crippen LogP contribution is -2.60. The molecule has 1 amide bonds. The third kappa shape index (κ3) is 21.2. The van der Waals surface area contributed by atoms with Gasteiger partial charge in [-0.15, -0.1) is 0 Å². The Morgan fingerprint density at radius 2 is 1.21 bits per heavy atom. The number of aliphatic hydroxyl groups is 5. The van der Waals surface area contributed by atoms with Crippen molar-refractivity contribution in [1.82, 2.24) is 5.32 Å². The van der Waals surface area contributed by atoms with E-state index >= 15 is 0 Å². The maximum atomic E-state index is 12.8. The van der Waals surface area contributed by atoms with Gasteiger partial charge < -0.3 is 40.3 Å². The van der Waals surface area contributed by atoms with Gasteiger partial charge in [-0.2, -0.15) is 0 Å². The minimum atomic E-state index is -1.57. The van der Waals surface area contributed by atoms with Gasteiger partial charge in [-0.3, -0.25) is 4.79 Å². The largest absolute Gasteiger partial charge is 0.394 e. The van der Waals surface area contributed by atoms with E-state index in [4.69, 9.17) is 9.47 Å². The molecule has 0 aliphatic carbocycles. The van der Waals surface area contributed by atoms with E-state index in [0.717, 1.165) is 51.4 Å². The molecule has 1 rings (SSSR count). The van der Waals surface area contributed by atoms with Gasteiger partial charge in [-0.05, 0) is 38.5 Å². The molecule has 47 heavy (non-hydrogen) atoms. The number of rotatable bonds is 29. The van der Waals surface area contributed by atoms with Crippen LogP contribution >= 0.6 is 0 Å². The van der Waals surface area contributed by atoms with E-state index in [2.05, 4.69) is 43.5 Å². The van der Waals surface area contributed by atoms with Crippen LogP contribution in [0.4, 0.5) is 0 Å². The van der Waals surface area contributed by atoms with Crippen molar-refractivity contribution in [3.63, 3.8) is 0 Å². The number of ether oxygens (including phenoxy) is 2. The normalized spacial score (nSPS) is 23.3. The molecule has 1 heterocycles. The molecule has 1 fully saturated rings. The van der Waals surface area contributed by atoms with E-state index in [9.17, 15) is 30.3 Å². The summed E-state index contributed by atoms with van der Waals surface area (Å²) < 4.78 is 11.1. The highest BCUT2D eigenvalue weighted by atomic mass is 16.7. The van der Waals surface area contributed by atoms with Crippen molar-refractivity contribution < 1.29 is 39.8 Å². The quantitative estimate of drug-likeness (QED) is 0.0411. The molecule has 7 unspecified atom stereocenters. The van der Waals surface area contributed by atoms with Crippen molar-refractivity contribution in [3.05, 3.63) is 36.5 Å².